The molecule has 1 aromatic rings. The summed E-state index contributed by atoms with van der Waals surface area (Å²) in [5, 5.41) is 6.99. The summed E-state index contributed by atoms with van der Waals surface area (Å²) in [6, 6.07) is 8.60. The number of benzene rings is 1. The molecule has 2 fully saturated rings. The molecule has 1 heterocycles. The number of nitrogens with one attached hydrogen (secondary N) is 2. The largest absolute Gasteiger partial charge is 0.357 e. The summed E-state index contributed by atoms with van der Waals surface area (Å²) in [6.45, 7) is 10.8. The molecule has 0 bridgehead atoms. The van der Waals surface area contributed by atoms with Gasteiger partial charge in [-0.2, -0.15) is 0 Å². The maximum atomic E-state index is 4.93. The fourth-order valence-electron chi connectivity index (χ4n) is 3.73. The Bertz CT molecular complexity index is 597. The summed E-state index contributed by atoms with van der Waals surface area (Å²) in [6.07, 6.45) is 3.75. The van der Waals surface area contributed by atoms with E-state index in [-0.39, 0.29) is 5.41 Å². The van der Waals surface area contributed by atoms with Crippen molar-refractivity contribution in [2.45, 2.75) is 38.5 Å². The van der Waals surface area contributed by atoms with Crippen LogP contribution in [0, 0.1) is 5.92 Å². The number of nitrogens with zero attached hydrogens (tertiary/aromatic N) is 2. The van der Waals surface area contributed by atoms with Gasteiger partial charge in [-0.1, -0.05) is 41.1 Å². The van der Waals surface area contributed by atoms with Crippen molar-refractivity contribution in [3.8, 4) is 0 Å². The first-order valence-corrected chi connectivity index (χ1v) is 10.5. The van der Waals surface area contributed by atoms with Crippen LogP contribution < -0.4 is 10.6 Å². The van der Waals surface area contributed by atoms with Crippen LogP contribution in [-0.4, -0.2) is 50.1 Å². The van der Waals surface area contributed by atoms with Crippen molar-refractivity contribution in [2.75, 3.05) is 39.3 Å². The number of likely N-dealkylation sites (tertiary alicyclic amines) is 1. The Morgan fingerprint density at radius 1 is 1.28 bits per heavy atom. The second-order valence-electron chi connectivity index (χ2n) is 7.38. The molecule has 0 aromatic heterocycles. The quantitative estimate of drug-likeness (QED) is 0.538. The van der Waals surface area contributed by atoms with Gasteiger partial charge in [-0.25, -0.2) is 0 Å². The molecule has 1 aromatic carbocycles. The van der Waals surface area contributed by atoms with E-state index in [0.717, 1.165) is 31.5 Å². The highest BCUT2D eigenvalue weighted by atomic mass is 79.9. The number of aliphatic imine (C=N–C) groups is 1. The molecule has 0 amide bonds. The highest BCUT2D eigenvalue weighted by Crippen LogP contribution is 2.50. The summed E-state index contributed by atoms with van der Waals surface area (Å²) < 4.78 is 1.21. The Morgan fingerprint density at radius 2 is 2.08 bits per heavy atom. The summed E-state index contributed by atoms with van der Waals surface area (Å²) in [5.41, 5.74) is 1.64. The Morgan fingerprint density at radius 3 is 2.72 bits per heavy atom. The van der Waals surface area contributed by atoms with E-state index in [0.29, 0.717) is 0 Å². The third-order valence-electron chi connectivity index (χ3n) is 5.56. The summed E-state index contributed by atoms with van der Waals surface area (Å²) in [7, 11) is 0. The van der Waals surface area contributed by atoms with Crippen LogP contribution in [0.15, 0.2) is 33.7 Å². The van der Waals surface area contributed by atoms with E-state index < -0.39 is 0 Å². The molecule has 1 atom stereocenters. The van der Waals surface area contributed by atoms with E-state index in [1.807, 2.05) is 0 Å². The first kappa shape index (κ1) is 18.7. The van der Waals surface area contributed by atoms with E-state index >= 15 is 0 Å². The predicted octanol–water partition coefficient (Wildman–Crippen LogP) is 3.38. The molecule has 1 saturated carbocycles. The number of hydrogen-bond donors (Lipinski definition) is 2. The molecule has 0 radical (unpaired) electrons. The smallest absolute Gasteiger partial charge is 0.191 e. The first-order valence-electron chi connectivity index (χ1n) is 9.66. The summed E-state index contributed by atoms with van der Waals surface area (Å²) in [4.78, 5) is 7.46. The van der Waals surface area contributed by atoms with Crippen molar-refractivity contribution >= 4 is 21.9 Å². The zero-order chi connectivity index (χ0) is 17.7. The molecule has 25 heavy (non-hydrogen) atoms. The highest BCUT2D eigenvalue weighted by molar-refractivity contribution is 9.10. The van der Waals surface area contributed by atoms with Crippen LogP contribution in [-0.2, 0) is 5.41 Å². The van der Waals surface area contributed by atoms with Crippen LogP contribution >= 0.6 is 15.9 Å². The van der Waals surface area contributed by atoms with Crippen molar-refractivity contribution in [3.05, 3.63) is 34.3 Å². The van der Waals surface area contributed by atoms with Gasteiger partial charge in [0.15, 0.2) is 5.96 Å². The van der Waals surface area contributed by atoms with Gasteiger partial charge >= 0.3 is 0 Å². The van der Waals surface area contributed by atoms with Gasteiger partial charge in [-0.15, -0.1) is 0 Å². The molecule has 5 heteroatoms. The average molecular weight is 407 g/mol. The second-order valence-corrected chi connectivity index (χ2v) is 8.24. The van der Waals surface area contributed by atoms with Crippen molar-refractivity contribution in [1.29, 1.82) is 0 Å². The Balaban J connectivity index is 1.58. The number of halogens is 1. The molecule has 138 valence electrons. The lowest BCUT2D eigenvalue weighted by atomic mass is 9.96. The van der Waals surface area contributed by atoms with Crippen LogP contribution in [0.1, 0.15) is 38.7 Å². The fraction of sp³-hybridized carbons (Fsp3) is 0.650. The van der Waals surface area contributed by atoms with Gasteiger partial charge in [0.2, 0.25) is 0 Å². The van der Waals surface area contributed by atoms with Gasteiger partial charge in [-0.05, 0) is 56.8 Å². The van der Waals surface area contributed by atoms with E-state index in [9.17, 15) is 0 Å². The van der Waals surface area contributed by atoms with E-state index in [1.165, 1.54) is 48.9 Å². The van der Waals surface area contributed by atoms with Gasteiger partial charge in [-0.3, -0.25) is 4.99 Å². The maximum absolute atomic E-state index is 4.93. The molecule has 2 aliphatic rings. The maximum Gasteiger partial charge on any atom is 0.191 e. The number of guanidine groups is 1. The lowest BCUT2D eigenvalue weighted by molar-refractivity contribution is 0.342. The molecule has 1 saturated heterocycles. The first-order chi connectivity index (χ1) is 12.2. The normalized spacial score (nSPS) is 22.8. The zero-order valence-electron chi connectivity index (χ0n) is 15.5. The minimum absolute atomic E-state index is 0.231. The second kappa shape index (κ2) is 8.54. The van der Waals surface area contributed by atoms with Gasteiger partial charge in [0, 0.05) is 29.5 Å². The number of rotatable bonds is 7. The van der Waals surface area contributed by atoms with Crippen LogP contribution in [0.3, 0.4) is 0 Å². The van der Waals surface area contributed by atoms with E-state index in [4.69, 9.17) is 4.99 Å². The van der Waals surface area contributed by atoms with Crippen LogP contribution in [0.25, 0.3) is 0 Å². The minimum atomic E-state index is 0.231. The predicted molar refractivity (Wildman–Crippen MR) is 109 cm³/mol. The topological polar surface area (TPSA) is 39.7 Å². The van der Waals surface area contributed by atoms with Crippen molar-refractivity contribution in [3.63, 3.8) is 0 Å². The lowest BCUT2D eigenvalue weighted by Crippen LogP contribution is -2.40. The molecule has 1 aliphatic carbocycles. The Kier molecular flexibility index (Phi) is 6.39. The molecule has 3 rings (SSSR count). The van der Waals surface area contributed by atoms with Crippen LogP contribution in [0.5, 0.6) is 0 Å². The monoisotopic (exact) mass is 406 g/mol. The Hall–Kier alpha value is -1.07. The molecule has 1 aliphatic heterocycles. The third kappa shape index (κ3) is 4.76. The summed E-state index contributed by atoms with van der Waals surface area (Å²) in [5.74, 6) is 1.71. The SMILES string of the molecule is CCNC(=NCC1(c2ccccc2Br)CC1)NCC1CCN(CC)C1. The molecule has 0 spiro atoms. The van der Waals surface area contributed by atoms with Gasteiger partial charge in [0.25, 0.3) is 0 Å². The summed E-state index contributed by atoms with van der Waals surface area (Å²) >= 11 is 3.71. The highest BCUT2D eigenvalue weighted by Gasteiger charge is 2.45. The van der Waals surface area contributed by atoms with Gasteiger partial charge < -0.3 is 15.5 Å². The van der Waals surface area contributed by atoms with Crippen molar-refractivity contribution in [1.82, 2.24) is 15.5 Å². The van der Waals surface area contributed by atoms with E-state index in [2.05, 4.69) is 69.6 Å². The standard InChI is InChI=1S/C20H31BrN4/c1-3-22-19(23-13-16-9-12-25(4-2)14-16)24-15-20(10-11-20)17-7-5-6-8-18(17)21/h5-8,16H,3-4,9-15H2,1-2H3,(H2,22,23,24). The average Bonchev–Trinajstić information content (AvgIpc) is 3.27. The van der Waals surface area contributed by atoms with Gasteiger partial charge in [0.05, 0.1) is 6.54 Å². The zero-order valence-corrected chi connectivity index (χ0v) is 17.1. The molecule has 2 N–H and O–H groups in total. The van der Waals surface area contributed by atoms with Crippen molar-refractivity contribution < 1.29 is 0 Å². The fourth-order valence-corrected chi connectivity index (χ4v) is 4.44. The minimum Gasteiger partial charge on any atom is -0.357 e. The lowest BCUT2D eigenvalue weighted by Gasteiger charge is -2.18. The molecule has 4 nitrogen and oxygen atoms in total. The van der Waals surface area contributed by atoms with E-state index in [1.54, 1.807) is 0 Å². The van der Waals surface area contributed by atoms with Gasteiger partial charge in [0.1, 0.15) is 0 Å². The van der Waals surface area contributed by atoms with Crippen LogP contribution in [0.2, 0.25) is 0 Å². The Labute approximate surface area is 160 Å². The van der Waals surface area contributed by atoms with Crippen LogP contribution in [0.4, 0.5) is 0 Å². The van der Waals surface area contributed by atoms with Crippen molar-refractivity contribution in [2.24, 2.45) is 10.9 Å². The molecular weight excluding hydrogens is 376 g/mol. The third-order valence-corrected chi connectivity index (χ3v) is 6.25. The number of hydrogen-bond acceptors (Lipinski definition) is 2. The molecular formula is C20H31BrN4. The molecule has 1 unspecified atom stereocenters.